The lowest BCUT2D eigenvalue weighted by atomic mass is 9.66. The van der Waals surface area contributed by atoms with E-state index in [0.717, 1.165) is 12.8 Å². The van der Waals surface area contributed by atoms with Crippen molar-refractivity contribution in [2.75, 3.05) is 13.2 Å². The van der Waals surface area contributed by atoms with Gasteiger partial charge in [-0.05, 0) is 30.7 Å². The maximum atomic E-state index is 11.8. The van der Waals surface area contributed by atoms with E-state index in [-0.39, 0.29) is 29.9 Å². The summed E-state index contributed by atoms with van der Waals surface area (Å²) in [6.07, 6.45) is 3.80. The maximum Gasteiger partial charge on any atom is 0.220 e. The Morgan fingerprint density at radius 2 is 2.12 bits per heavy atom. The average Bonchev–Trinajstić information content (AvgIpc) is 2.19. The molecule has 1 fully saturated rings. The van der Waals surface area contributed by atoms with Crippen LogP contribution in [-0.4, -0.2) is 30.2 Å². The van der Waals surface area contributed by atoms with Crippen molar-refractivity contribution >= 4 is 5.91 Å². The predicted molar refractivity (Wildman–Crippen MR) is 63.8 cm³/mol. The van der Waals surface area contributed by atoms with Crippen LogP contribution in [-0.2, 0) is 4.79 Å². The second-order valence-electron chi connectivity index (χ2n) is 5.34. The lowest BCUT2D eigenvalue weighted by Crippen LogP contribution is -2.46. The van der Waals surface area contributed by atoms with Gasteiger partial charge in [0.1, 0.15) is 0 Å². The second-order valence-corrected chi connectivity index (χ2v) is 5.34. The molecule has 1 unspecified atom stereocenters. The number of amides is 1. The van der Waals surface area contributed by atoms with Crippen molar-refractivity contribution < 1.29 is 9.90 Å². The molecule has 0 heterocycles. The molecule has 1 rings (SSSR count). The molecule has 94 valence electrons. The number of aliphatic hydroxyl groups excluding tert-OH is 1. The van der Waals surface area contributed by atoms with E-state index in [0.29, 0.717) is 13.0 Å². The van der Waals surface area contributed by atoms with Crippen molar-refractivity contribution in [1.29, 1.82) is 0 Å². The standard InChI is InChI=1S/C12H24N2O2/c1-9(2)10(7-15)14-11(16)6-12(8-13)4-3-5-12/h9-10,15H,3-8,13H2,1-2H3,(H,14,16). The Kier molecular flexibility index (Phi) is 4.74. The van der Waals surface area contributed by atoms with Crippen LogP contribution in [0.3, 0.4) is 0 Å². The van der Waals surface area contributed by atoms with Gasteiger partial charge in [-0.25, -0.2) is 0 Å². The summed E-state index contributed by atoms with van der Waals surface area (Å²) in [5.74, 6) is 0.280. The highest BCUT2D eigenvalue weighted by Gasteiger charge is 2.37. The van der Waals surface area contributed by atoms with Crippen LogP contribution in [0.15, 0.2) is 0 Å². The van der Waals surface area contributed by atoms with Crippen LogP contribution in [0.25, 0.3) is 0 Å². The number of hydrogen-bond donors (Lipinski definition) is 3. The summed E-state index contributed by atoms with van der Waals surface area (Å²) in [6.45, 7) is 4.57. The molecule has 0 aliphatic heterocycles. The summed E-state index contributed by atoms with van der Waals surface area (Å²) in [5.41, 5.74) is 5.75. The van der Waals surface area contributed by atoms with Gasteiger partial charge in [0, 0.05) is 6.42 Å². The van der Waals surface area contributed by atoms with E-state index in [2.05, 4.69) is 5.32 Å². The first-order chi connectivity index (χ1) is 7.53. The van der Waals surface area contributed by atoms with Crippen LogP contribution in [0.1, 0.15) is 39.5 Å². The fourth-order valence-corrected chi connectivity index (χ4v) is 2.15. The molecule has 0 spiro atoms. The van der Waals surface area contributed by atoms with E-state index in [1.807, 2.05) is 13.8 Å². The van der Waals surface area contributed by atoms with Crippen LogP contribution < -0.4 is 11.1 Å². The molecule has 1 aliphatic rings. The third-order valence-electron chi connectivity index (χ3n) is 3.73. The van der Waals surface area contributed by atoms with E-state index in [1.165, 1.54) is 6.42 Å². The number of carbonyl (C=O) groups is 1. The van der Waals surface area contributed by atoms with Crippen molar-refractivity contribution in [3.8, 4) is 0 Å². The molecule has 0 aromatic carbocycles. The van der Waals surface area contributed by atoms with Crippen LogP contribution in [0.2, 0.25) is 0 Å². The molecule has 0 radical (unpaired) electrons. The number of rotatable bonds is 6. The Morgan fingerprint density at radius 1 is 1.50 bits per heavy atom. The molecule has 1 saturated carbocycles. The fourth-order valence-electron chi connectivity index (χ4n) is 2.15. The summed E-state index contributed by atoms with van der Waals surface area (Å²) in [6, 6.07) is -0.137. The minimum atomic E-state index is -0.137. The van der Waals surface area contributed by atoms with Gasteiger partial charge in [-0.15, -0.1) is 0 Å². The third kappa shape index (κ3) is 3.19. The Bertz CT molecular complexity index is 232. The van der Waals surface area contributed by atoms with E-state index >= 15 is 0 Å². The highest BCUT2D eigenvalue weighted by atomic mass is 16.3. The average molecular weight is 228 g/mol. The first-order valence-corrected chi connectivity index (χ1v) is 6.13. The van der Waals surface area contributed by atoms with Crippen LogP contribution in [0, 0.1) is 11.3 Å². The topological polar surface area (TPSA) is 75.3 Å². The van der Waals surface area contributed by atoms with Crippen molar-refractivity contribution in [3.63, 3.8) is 0 Å². The van der Waals surface area contributed by atoms with Gasteiger partial charge in [-0.3, -0.25) is 4.79 Å². The van der Waals surface area contributed by atoms with E-state index in [1.54, 1.807) is 0 Å². The molecule has 1 aliphatic carbocycles. The minimum Gasteiger partial charge on any atom is -0.394 e. The normalized spacial score (nSPS) is 20.3. The van der Waals surface area contributed by atoms with Crippen molar-refractivity contribution in [2.24, 2.45) is 17.1 Å². The molecular weight excluding hydrogens is 204 g/mol. The number of nitrogens with one attached hydrogen (secondary N) is 1. The van der Waals surface area contributed by atoms with Gasteiger partial charge < -0.3 is 16.2 Å². The quantitative estimate of drug-likeness (QED) is 0.624. The molecular formula is C12H24N2O2. The number of aliphatic hydroxyl groups is 1. The molecule has 16 heavy (non-hydrogen) atoms. The SMILES string of the molecule is CC(C)C(CO)NC(=O)CC1(CN)CCC1. The van der Waals surface area contributed by atoms with Gasteiger partial charge in [0.25, 0.3) is 0 Å². The van der Waals surface area contributed by atoms with E-state index in [9.17, 15) is 4.79 Å². The monoisotopic (exact) mass is 228 g/mol. The molecule has 4 nitrogen and oxygen atoms in total. The van der Waals surface area contributed by atoms with Gasteiger partial charge >= 0.3 is 0 Å². The molecule has 0 saturated heterocycles. The predicted octanol–water partition coefficient (Wildman–Crippen LogP) is 0.639. The summed E-state index contributed by atoms with van der Waals surface area (Å²) in [4.78, 5) is 11.8. The van der Waals surface area contributed by atoms with Gasteiger partial charge in [0.05, 0.1) is 12.6 Å². The van der Waals surface area contributed by atoms with E-state index in [4.69, 9.17) is 10.8 Å². The summed E-state index contributed by atoms with van der Waals surface area (Å²) in [7, 11) is 0. The Morgan fingerprint density at radius 3 is 2.44 bits per heavy atom. The Balaban J connectivity index is 2.40. The summed E-state index contributed by atoms with van der Waals surface area (Å²) >= 11 is 0. The smallest absolute Gasteiger partial charge is 0.220 e. The molecule has 0 aromatic rings. The molecule has 4 N–H and O–H groups in total. The second kappa shape index (κ2) is 5.64. The zero-order valence-electron chi connectivity index (χ0n) is 10.3. The largest absolute Gasteiger partial charge is 0.394 e. The van der Waals surface area contributed by atoms with Gasteiger partial charge in [-0.2, -0.15) is 0 Å². The molecule has 0 aromatic heterocycles. The first kappa shape index (κ1) is 13.5. The van der Waals surface area contributed by atoms with Gasteiger partial charge in [0.15, 0.2) is 0 Å². The number of hydrogen-bond acceptors (Lipinski definition) is 3. The molecule has 1 atom stereocenters. The van der Waals surface area contributed by atoms with Crippen LogP contribution in [0.5, 0.6) is 0 Å². The highest BCUT2D eigenvalue weighted by molar-refractivity contribution is 5.77. The minimum absolute atomic E-state index is 0.000961. The Labute approximate surface area is 97.6 Å². The molecule has 1 amide bonds. The fraction of sp³-hybridized carbons (Fsp3) is 0.917. The zero-order valence-corrected chi connectivity index (χ0v) is 10.3. The molecule has 4 heteroatoms. The van der Waals surface area contributed by atoms with Gasteiger partial charge in [0.2, 0.25) is 5.91 Å². The van der Waals surface area contributed by atoms with Crippen molar-refractivity contribution in [3.05, 3.63) is 0 Å². The maximum absolute atomic E-state index is 11.8. The number of nitrogens with two attached hydrogens (primary N) is 1. The number of carbonyl (C=O) groups excluding carboxylic acids is 1. The lowest BCUT2D eigenvalue weighted by Gasteiger charge is -2.40. The highest BCUT2D eigenvalue weighted by Crippen LogP contribution is 2.42. The van der Waals surface area contributed by atoms with E-state index < -0.39 is 0 Å². The Hall–Kier alpha value is -0.610. The third-order valence-corrected chi connectivity index (χ3v) is 3.73. The lowest BCUT2D eigenvalue weighted by molar-refractivity contribution is -0.126. The van der Waals surface area contributed by atoms with Crippen LogP contribution in [0.4, 0.5) is 0 Å². The molecule has 0 bridgehead atoms. The van der Waals surface area contributed by atoms with Crippen molar-refractivity contribution in [2.45, 2.75) is 45.6 Å². The first-order valence-electron chi connectivity index (χ1n) is 6.13. The van der Waals surface area contributed by atoms with Crippen LogP contribution >= 0.6 is 0 Å². The zero-order chi connectivity index (χ0) is 12.2. The van der Waals surface area contributed by atoms with Crippen molar-refractivity contribution in [1.82, 2.24) is 5.32 Å². The summed E-state index contributed by atoms with van der Waals surface area (Å²) in [5, 5.41) is 12.0. The van der Waals surface area contributed by atoms with Gasteiger partial charge in [-0.1, -0.05) is 20.3 Å². The summed E-state index contributed by atoms with van der Waals surface area (Å²) < 4.78 is 0.